The van der Waals surface area contributed by atoms with Crippen LogP contribution in [0.5, 0.6) is 0 Å². The van der Waals surface area contributed by atoms with E-state index < -0.39 is 0 Å². The van der Waals surface area contributed by atoms with Gasteiger partial charge in [0.15, 0.2) is 0 Å². The van der Waals surface area contributed by atoms with Crippen LogP contribution in [0.15, 0.2) is 23.1 Å². The third-order valence-electron chi connectivity index (χ3n) is 3.02. The lowest BCUT2D eigenvalue weighted by Crippen LogP contribution is -2.33. The second-order valence-corrected chi connectivity index (χ2v) is 5.66. The predicted molar refractivity (Wildman–Crippen MR) is 83.5 cm³/mol. The molecule has 19 heavy (non-hydrogen) atoms. The van der Waals surface area contributed by atoms with Crippen molar-refractivity contribution in [3.63, 3.8) is 0 Å². The van der Waals surface area contributed by atoms with E-state index in [2.05, 4.69) is 13.8 Å². The Balaban J connectivity index is 2.59. The molecule has 106 valence electrons. The maximum Gasteiger partial charge on any atom is 0.232 e. The molecule has 0 saturated carbocycles. The van der Waals surface area contributed by atoms with E-state index in [0.29, 0.717) is 5.75 Å². The van der Waals surface area contributed by atoms with Crippen LogP contribution in [-0.4, -0.2) is 29.6 Å². The number of thioether (sulfide) groups is 1. The second kappa shape index (κ2) is 8.10. The highest BCUT2D eigenvalue weighted by Gasteiger charge is 2.12. The summed E-state index contributed by atoms with van der Waals surface area (Å²) < 4.78 is 0. The number of carbonyl (C=O) groups is 1. The lowest BCUT2D eigenvalue weighted by atomic mass is 10.2. The number of nitrogens with zero attached hydrogens (tertiary/aromatic N) is 1. The van der Waals surface area contributed by atoms with Gasteiger partial charge in [0.2, 0.25) is 5.91 Å². The highest BCUT2D eigenvalue weighted by atomic mass is 32.2. The molecule has 0 aromatic heterocycles. The number of hydrogen-bond acceptors (Lipinski definition) is 3. The van der Waals surface area contributed by atoms with Crippen molar-refractivity contribution < 1.29 is 4.79 Å². The summed E-state index contributed by atoms with van der Waals surface area (Å²) in [5.41, 5.74) is 7.73. The van der Waals surface area contributed by atoms with Gasteiger partial charge in [-0.2, -0.15) is 0 Å². The smallest absolute Gasteiger partial charge is 0.232 e. The second-order valence-electron chi connectivity index (χ2n) is 4.64. The Morgan fingerprint density at radius 1 is 1.26 bits per heavy atom. The molecular formula is C15H24N2OS. The summed E-state index contributed by atoms with van der Waals surface area (Å²) in [7, 11) is 0. The number of hydrogen-bond donors (Lipinski definition) is 1. The summed E-state index contributed by atoms with van der Waals surface area (Å²) in [5.74, 6) is 0.708. The Bertz CT molecular complexity index is 415. The molecule has 0 aliphatic rings. The molecule has 2 N–H and O–H groups in total. The van der Waals surface area contributed by atoms with Crippen molar-refractivity contribution in [2.24, 2.45) is 0 Å². The minimum absolute atomic E-state index is 0.218. The van der Waals surface area contributed by atoms with Crippen LogP contribution in [-0.2, 0) is 4.79 Å². The summed E-state index contributed by atoms with van der Waals surface area (Å²) in [4.78, 5) is 15.2. The first kappa shape index (κ1) is 15.9. The molecule has 0 radical (unpaired) electrons. The zero-order valence-electron chi connectivity index (χ0n) is 12.1. The molecule has 0 aliphatic carbocycles. The van der Waals surface area contributed by atoms with E-state index in [-0.39, 0.29) is 5.91 Å². The van der Waals surface area contributed by atoms with Crippen molar-refractivity contribution in [3.05, 3.63) is 23.8 Å². The molecular weight excluding hydrogens is 256 g/mol. The molecule has 1 aromatic rings. The lowest BCUT2D eigenvalue weighted by molar-refractivity contribution is -0.128. The average Bonchev–Trinajstić information content (AvgIpc) is 2.40. The third-order valence-corrected chi connectivity index (χ3v) is 4.16. The van der Waals surface area contributed by atoms with Crippen LogP contribution in [0.1, 0.15) is 32.3 Å². The minimum atomic E-state index is 0.218. The van der Waals surface area contributed by atoms with Gasteiger partial charge in [-0.1, -0.05) is 19.9 Å². The van der Waals surface area contributed by atoms with Gasteiger partial charge in [-0.15, -0.1) is 11.8 Å². The summed E-state index contributed by atoms with van der Waals surface area (Å²) in [6, 6.07) is 5.85. The molecule has 0 atom stereocenters. The third kappa shape index (κ3) is 4.78. The maximum absolute atomic E-state index is 12.2. The molecule has 4 heteroatoms. The van der Waals surface area contributed by atoms with Crippen molar-refractivity contribution in [3.8, 4) is 0 Å². The Morgan fingerprint density at radius 3 is 2.47 bits per heavy atom. The Hall–Kier alpha value is -1.16. The van der Waals surface area contributed by atoms with Crippen molar-refractivity contribution >= 4 is 23.4 Å². The number of nitrogens with two attached hydrogens (primary N) is 1. The van der Waals surface area contributed by atoms with E-state index in [4.69, 9.17) is 5.73 Å². The van der Waals surface area contributed by atoms with E-state index in [0.717, 1.165) is 42.1 Å². The predicted octanol–water partition coefficient (Wildman–Crippen LogP) is 3.32. The number of carbonyl (C=O) groups excluding carboxylic acids is 1. The standard InChI is InChI=1S/C15H24N2OS/c1-4-9-17(10-5-2)15(18)11-19-14-8-6-7-13(16)12(14)3/h6-8H,4-5,9-11,16H2,1-3H3. The highest BCUT2D eigenvalue weighted by molar-refractivity contribution is 8.00. The van der Waals surface area contributed by atoms with Crippen LogP contribution in [0, 0.1) is 6.92 Å². The summed E-state index contributed by atoms with van der Waals surface area (Å²) >= 11 is 1.58. The van der Waals surface area contributed by atoms with Gasteiger partial charge >= 0.3 is 0 Å². The molecule has 1 aromatic carbocycles. The van der Waals surface area contributed by atoms with Gasteiger partial charge < -0.3 is 10.6 Å². The van der Waals surface area contributed by atoms with E-state index in [1.165, 1.54) is 0 Å². The monoisotopic (exact) mass is 280 g/mol. The average molecular weight is 280 g/mol. The number of benzene rings is 1. The van der Waals surface area contributed by atoms with Crippen LogP contribution < -0.4 is 5.73 Å². The maximum atomic E-state index is 12.2. The fraction of sp³-hybridized carbons (Fsp3) is 0.533. The van der Waals surface area contributed by atoms with Crippen molar-refractivity contribution in [2.45, 2.75) is 38.5 Å². The minimum Gasteiger partial charge on any atom is -0.398 e. The van der Waals surface area contributed by atoms with Crippen LogP contribution in [0.3, 0.4) is 0 Å². The van der Waals surface area contributed by atoms with E-state index in [9.17, 15) is 4.79 Å². The fourth-order valence-corrected chi connectivity index (χ4v) is 2.89. The van der Waals surface area contributed by atoms with Crippen molar-refractivity contribution in [1.82, 2.24) is 4.90 Å². The number of anilines is 1. The number of rotatable bonds is 7. The Morgan fingerprint density at radius 2 is 1.89 bits per heavy atom. The number of nitrogen functional groups attached to an aromatic ring is 1. The Labute approximate surface area is 120 Å². The largest absolute Gasteiger partial charge is 0.398 e. The molecule has 0 fully saturated rings. The van der Waals surface area contributed by atoms with E-state index in [1.54, 1.807) is 11.8 Å². The number of amides is 1. The quantitative estimate of drug-likeness (QED) is 0.615. The molecule has 0 saturated heterocycles. The fourth-order valence-electron chi connectivity index (χ4n) is 1.92. The van der Waals surface area contributed by atoms with Gasteiger partial charge in [0.05, 0.1) is 5.75 Å². The lowest BCUT2D eigenvalue weighted by Gasteiger charge is -2.21. The SMILES string of the molecule is CCCN(CCC)C(=O)CSc1cccc(N)c1C. The van der Waals surface area contributed by atoms with Gasteiger partial charge in [-0.3, -0.25) is 4.79 Å². The van der Waals surface area contributed by atoms with Gasteiger partial charge in [0, 0.05) is 23.7 Å². The van der Waals surface area contributed by atoms with Crippen LogP contribution >= 0.6 is 11.8 Å². The first-order chi connectivity index (χ1) is 9.10. The topological polar surface area (TPSA) is 46.3 Å². The van der Waals surface area contributed by atoms with Gasteiger partial charge in [-0.25, -0.2) is 0 Å². The van der Waals surface area contributed by atoms with Crippen LogP contribution in [0.25, 0.3) is 0 Å². The van der Waals surface area contributed by atoms with Crippen molar-refractivity contribution in [1.29, 1.82) is 0 Å². The van der Waals surface area contributed by atoms with E-state index >= 15 is 0 Å². The molecule has 3 nitrogen and oxygen atoms in total. The first-order valence-corrected chi connectivity index (χ1v) is 7.84. The van der Waals surface area contributed by atoms with Gasteiger partial charge in [-0.05, 0) is 37.5 Å². The molecule has 0 heterocycles. The van der Waals surface area contributed by atoms with Crippen molar-refractivity contribution in [2.75, 3.05) is 24.6 Å². The normalized spacial score (nSPS) is 10.5. The van der Waals surface area contributed by atoms with Gasteiger partial charge in [0.1, 0.15) is 0 Å². The molecule has 1 rings (SSSR count). The van der Waals surface area contributed by atoms with Crippen LogP contribution in [0.4, 0.5) is 5.69 Å². The molecule has 0 spiro atoms. The zero-order chi connectivity index (χ0) is 14.3. The highest BCUT2D eigenvalue weighted by Crippen LogP contribution is 2.26. The molecule has 0 unspecified atom stereocenters. The molecule has 0 bridgehead atoms. The Kier molecular flexibility index (Phi) is 6.78. The molecule has 0 aliphatic heterocycles. The molecule has 1 amide bonds. The zero-order valence-corrected chi connectivity index (χ0v) is 12.9. The van der Waals surface area contributed by atoms with E-state index in [1.807, 2.05) is 30.0 Å². The van der Waals surface area contributed by atoms with Gasteiger partial charge in [0.25, 0.3) is 0 Å². The summed E-state index contributed by atoms with van der Waals surface area (Å²) in [6.07, 6.45) is 2.02. The van der Waals surface area contributed by atoms with Crippen LogP contribution in [0.2, 0.25) is 0 Å². The summed E-state index contributed by atoms with van der Waals surface area (Å²) in [5, 5.41) is 0. The first-order valence-electron chi connectivity index (χ1n) is 6.85. The summed E-state index contributed by atoms with van der Waals surface area (Å²) in [6.45, 7) is 7.90.